The molecule has 3 aromatic rings. The largest absolute Gasteiger partial charge is 0.444 e. The van der Waals surface area contributed by atoms with Crippen molar-refractivity contribution in [2.24, 2.45) is 0 Å². The lowest BCUT2D eigenvalue weighted by Crippen LogP contribution is -2.36. The van der Waals surface area contributed by atoms with E-state index in [1.54, 1.807) is 17.0 Å². The molecule has 2 heterocycles. The molecule has 2 aromatic carbocycles. The SMILES string of the molecule is CC.Cc1nc2c(F)c(-c3cccc(Cl)c3C)c(CCC#N)cc2c(NC2CCN(C(=O)OC(C)(C)C)C2)c1C. The number of rotatable bonds is 5. The molecule has 1 aromatic heterocycles. The van der Waals surface area contributed by atoms with Gasteiger partial charge in [-0.3, -0.25) is 0 Å². The molecule has 1 fully saturated rings. The van der Waals surface area contributed by atoms with E-state index in [1.165, 1.54) is 0 Å². The van der Waals surface area contributed by atoms with Crippen LogP contribution in [0.5, 0.6) is 0 Å². The van der Waals surface area contributed by atoms with Crippen molar-refractivity contribution >= 4 is 34.3 Å². The number of halogens is 2. The quantitative estimate of drug-likeness (QED) is 0.335. The Morgan fingerprint density at radius 2 is 1.95 bits per heavy atom. The van der Waals surface area contributed by atoms with Crippen LogP contribution in [0.25, 0.3) is 22.0 Å². The van der Waals surface area contributed by atoms with E-state index in [4.69, 9.17) is 16.3 Å². The first-order valence-electron chi connectivity index (χ1n) is 13.9. The predicted molar refractivity (Wildman–Crippen MR) is 161 cm³/mol. The minimum absolute atomic E-state index is 0.0216. The monoisotopic (exact) mass is 566 g/mol. The number of likely N-dealkylation sites (tertiary alicyclic amines) is 1. The topological polar surface area (TPSA) is 78.3 Å². The lowest BCUT2D eigenvalue weighted by Gasteiger charge is -2.25. The fraction of sp³-hybridized carbons (Fsp3) is 0.469. The highest BCUT2D eigenvalue weighted by atomic mass is 35.5. The number of nitriles is 1. The van der Waals surface area contributed by atoms with Crippen molar-refractivity contribution in [2.75, 3.05) is 18.4 Å². The smallest absolute Gasteiger partial charge is 0.410 e. The van der Waals surface area contributed by atoms with Gasteiger partial charge in [0.15, 0.2) is 5.82 Å². The molecule has 214 valence electrons. The molecule has 1 amide bonds. The zero-order valence-corrected chi connectivity index (χ0v) is 25.6. The van der Waals surface area contributed by atoms with Gasteiger partial charge in [-0.05, 0) is 88.8 Å². The molecule has 1 atom stereocenters. The molecule has 40 heavy (non-hydrogen) atoms. The number of aryl methyl sites for hydroxylation is 2. The van der Waals surface area contributed by atoms with Crippen LogP contribution in [0.15, 0.2) is 24.3 Å². The number of carbonyl (C=O) groups is 1. The van der Waals surface area contributed by atoms with Gasteiger partial charge in [0.05, 0.1) is 6.07 Å². The third-order valence-corrected chi connectivity index (χ3v) is 7.43. The molecule has 0 saturated carbocycles. The van der Waals surface area contributed by atoms with Gasteiger partial charge in [-0.15, -0.1) is 0 Å². The standard InChI is InChI=1S/C30H34ClFN4O2.C2H6/c1-17-19(3)34-28-23(27(17)35-21-12-14-36(16-21)29(37)38-30(4,5)6)15-20(9-8-13-33)25(26(28)32)22-10-7-11-24(31)18(22)2;1-2/h7,10-11,15,21H,8-9,12,14,16H2,1-6H3,(H,34,35);1-2H3. The molecule has 6 nitrogen and oxygen atoms in total. The number of nitrogens with one attached hydrogen (secondary N) is 1. The lowest BCUT2D eigenvalue weighted by molar-refractivity contribution is 0.0293. The fourth-order valence-corrected chi connectivity index (χ4v) is 5.12. The highest BCUT2D eigenvalue weighted by molar-refractivity contribution is 6.31. The van der Waals surface area contributed by atoms with Crippen molar-refractivity contribution in [3.63, 3.8) is 0 Å². The average Bonchev–Trinajstić information content (AvgIpc) is 3.37. The second-order valence-corrected chi connectivity index (χ2v) is 11.4. The molecule has 4 rings (SSSR count). The second-order valence-electron chi connectivity index (χ2n) is 10.9. The number of benzene rings is 2. The van der Waals surface area contributed by atoms with Crippen LogP contribution in [0.1, 0.15) is 69.8 Å². The number of hydrogen-bond acceptors (Lipinski definition) is 5. The van der Waals surface area contributed by atoms with Gasteiger partial charge >= 0.3 is 6.09 Å². The van der Waals surface area contributed by atoms with Crippen LogP contribution in [0.4, 0.5) is 14.9 Å². The first kappa shape index (κ1) is 31.2. The van der Waals surface area contributed by atoms with Gasteiger partial charge in [-0.2, -0.15) is 5.26 Å². The Hall–Kier alpha value is -3.37. The number of aromatic nitrogens is 1. The van der Waals surface area contributed by atoms with Crippen LogP contribution in [-0.4, -0.2) is 40.7 Å². The highest BCUT2D eigenvalue weighted by Crippen LogP contribution is 2.40. The van der Waals surface area contributed by atoms with Gasteiger partial charge in [0.25, 0.3) is 0 Å². The molecule has 0 bridgehead atoms. The first-order valence-corrected chi connectivity index (χ1v) is 14.3. The summed E-state index contributed by atoms with van der Waals surface area (Å²) in [5.41, 5.74) is 4.80. The number of anilines is 1. The Morgan fingerprint density at radius 1 is 1.25 bits per heavy atom. The summed E-state index contributed by atoms with van der Waals surface area (Å²) < 4.78 is 21.9. The van der Waals surface area contributed by atoms with E-state index in [-0.39, 0.29) is 24.1 Å². The van der Waals surface area contributed by atoms with Crippen LogP contribution in [0.3, 0.4) is 0 Å². The van der Waals surface area contributed by atoms with Gasteiger partial charge in [-0.1, -0.05) is 37.6 Å². The molecule has 8 heteroatoms. The first-order chi connectivity index (χ1) is 18.9. The summed E-state index contributed by atoms with van der Waals surface area (Å²) in [4.78, 5) is 18.9. The number of amides is 1. The van der Waals surface area contributed by atoms with E-state index in [2.05, 4.69) is 16.4 Å². The minimum Gasteiger partial charge on any atom is -0.444 e. The van der Waals surface area contributed by atoms with Crippen molar-refractivity contribution in [3.8, 4) is 17.2 Å². The molecule has 0 spiro atoms. The summed E-state index contributed by atoms with van der Waals surface area (Å²) in [6.45, 7) is 16.3. The van der Waals surface area contributed by atoms with Crippen molar-refractivity contribution in [1.82, 2.24) is 9.88 Å². The molecule has 0 radical (unpaired) electrons. The van der Waals surface area contributed by atoms with Gasteiger partial charge in [-0.25, -0.2) is 14.2 Å². The predicted octanol–water partition coefficient (Wildman–Crippen LogP) is 8.52. The maximum Gasteiger partial charge on any atom is 0.410 e. The number of ether oxygens (including phenoxy) is 1. The third-order valence-electron chi connectivity index (χ3n) is 7.02. The number of carbonyl (C=O) groups excluding carboxylic acids is 1. The van der Waals surface area contributed by atoms with Gasteiger partial charge < -0.3 is 15.0 Å². The normalized spacial score (nSPS) is 14.9. The van der Waals surface area contributed by atoms with Gasteiger partial charge in [0.1, 0.15) is 11.1 Å². The zero-order valence-electron chi connectivity index (χ0n) is 24.8. The summed E-state index contributed by atoms with van der Waals surface area (Å²) in [5.74, 6) is -0.422. The van der Waals surface area contributed by atoms with Crippen molar-refractivity contribution in [1.29, 1.82) is 5.26 Å². The number of hydrogen-bond donors (Lipinski definition) is 1. The average molecular weight is 567 g/mol. The number of pyridine rings is 1. The van der Waals surface area contributed by atoms with Crippen LogP contribution >= 0.6 is 11.6 Å². The summed E-state index contributed by atoms with van der Waals surface area (Å²) in [7, 11) is 0. The summed E-state index contributed by atoms with van der Waals surface area (Å²) in [6, 6.07) is 9.55. The second kappa shape index (κ2) is 12.9. The van der Waals surface area contributed by atoms with E-state index in [9.17, 15) is 10.1 Å². The van der Waals surface area contributed by atoms with Crippen molar-refractivity contribution in [3.05, 3.63) is 57.5 Å². The maximum absolute atomic E-state index is 16.4. The summed E-state index contributed by atoms with van der Waals surface area (Å²) in [6.07, 6.45) is 1.06. The molecule has 1 aliphatic rings. The van der Waals surface area contributed by atoms with Gasteiger partial charge in [0.2, 0.25) is 0 Å². The van der Waals surface area contributed by atoms with E-state index in [0.29, 0.717) is 41.0 Å². The highest BCUT2D eigenvalue weighted by Gasteiger charge is 2.31. The zero-order chi connectivity index (χ0) is 29.8. The molecular weight excluding hydrogens is 527 g/mol. The molecule has 1 unspecified atom stereocenters. The lowest BCUT2D eigenvalue weighted by atomic mass is 9.90. The van der Waals surface area contributed by atoms with Crippen molar-refractivity contribution < 1.29 is 13.9 Å². The Labute approximate surface area is 242 Å². The Kier molecular flexibility index (Phi) is 10.0. The van der Waals surface area contributed by atoms with Crippen LogP contribution in [-0.2, 0) is 11.2 Å². The third kappa shape index (κ3) is 6.67. The van der Waals surface area contributed by atoms with E-state index >= 15 is 4.39 Å². The molecular formula is C32H40ClFN4O2. The van der Waals surface area contributed by atoms with Crippen LogP contribution in [0, 0.1) is 37.9 Å². The number of fused-ring (bicyclic) bond motifs is 1. The molecule has 1 N–H and O–H groups in total. The molecule has 1 saturated heterocycles. The van der Waals surface area contributed by atoms with Crippen molar-refractivity contribution in [2.45, 2.75) is 86.3 Å². The Bertz CT molecular complexity index is 1440. The van der Waals surface area contributed by atoms with E-state index in [0.717, 1.165) is 34.5 Å². The molecule has 1 aliphatic heterocycles. The van der Waals surface area contributed by atoms with Gasteiger partial charge in [0, 0.05) is 52.9 Å². The fourth-order valence-electron chi connectivity index (χ4n) is 4.94. The van der Waals surface area contributed by atoms with E-state index < -0.39 is 11.4 Å². The Balaban J connectivity index is 0.00000216. The van der Waals surface area contributed by atoms with E-state index in [1.807, 2.05) is 67.5 Å². The Morgan fingerprint density at radius 3 is 2.60 bits per heavy atom. The summed E-state index contributed by atoms with van der Waals surface area (Å²) >= 11 is 6.39. The number of nitrogens with zero attached hydrogens (tertiary/aromatic N) is 3. The molecule has 0 aliphatic carbocycles. The maximum atomic E-state index is 16.4. The minimum atomic E-state index is -0.562. The van der Waals surface area contributed by atoms with Crippen LogP contribution in [0.2, 0.25) is 5.02 Å². The van der Waals surface area contributed by atoms with Crippen LogP contribution < -0.4 is 5.32 Å². The summed E-state index contributed by atoms with van der Waals surface area (Å²) in [5, 5.41) is 14.1.